The lowest BCUT2D eigenvalue weighted by atomic mass is 9.78. The van der Waals surface area contributed by atoms with E-state index in [-0.39, 0.29) is 11.7 Å². The number of rotatable bonds is 3. The van der Waals surface area contributed by atoms with Gasteiger partial charge in [-0.2, -0.15) is 13.2 Å². The Bertz CT molecular complexity index is 935. The van der Waals surface area contributed by atoms with Crippen molar-refractivity contribution in [1.82, 2.24) is 10.6 Å². The van der Waals surface area contributed by atoms with Crippen LogP contribution in [-0.2, 0) is 0 Å². The minimum atomic E-state index is -5.16. The number of hydrogen-bond acceptors (Lipinski definition) is 6. The number of ether oxygens (including phenoxy) is 2. The maximum atomic E-state index is 13.9. The highest BCUT2D eigenvalue weighted by Crippen LogP contribution is 2.45. The van der Waals surface area contributed by atoms with Crippen molar-refractivity contribution in [2.75, 3.05) is 6.79 Å². The maximum absolute atomic E-state index is 13.9. The monoisotopic (exact) mass is 430 g/mol. The van der Waals surface area contributed by atoms with E-state index in [1.165, 1.54) is 24.3 Å². The van der Waals surface area contributed by atoms with Crippen molar-refractivity contribution in [3.63, 3.8) is 0 Å². The summed E-state index contributed by atoms with van der Waals surface area (Å²) >= 11 is 5.89. The van der Waals surface area contributed by atoms with Gasteiger partial charge in [-0.15, -0.1) is 11.3 Å². The minimum Gasteiger partial charge on any atom is -0.454 e. The molecule has 1 fully saturated rings. The third-order valence-corrected chi connectivity index (χ3v) is 5.71. The van der Waals surface area contributed by atoms with Crippen LogP contribution >= 0.6 is 23.6 Å². The Morgan fingerprint density at radius 1 is 1.29 bits per heavy atom. The molecule has 2 aliphatic rings. The molecule has 1 aromatic heterocycles. The van der Waals surface area contributed by atoms with E-state index < -0.39 is 34.8 Å². The first-order valence-electron chi connectivity index (χ1n) is 8.06. The van der Waals surface area contributed by atoms with Crippen molar-refractivity contribution in [1.29, 1.82) is 0 Å². The number of ketones is 1. The van der Waals surface area contributed by atoms with Crippen LogP contribution in [0.4, 0.5) is 13.2 Å². The largest absolute Gasteiger partial charge is 0.454 e. The Kier molecular flexibility index (Phi) is 4.47. The molecule has 0 unspecified atom stereocenters. The molecule has 2 aliphatic heterocycles. The van der Waals surface area contributed by atoms with Gasteiger partial charge in [0.1, 0.15) is 5.92 Å². The van der Waals surface area contributed by atoms with Crippen LogP contribution in [0.25, 0.3) is 0 Å². The molecule has 0 radical (unpaired) electrons. The highest BCUT2D eigenvalue weighted by atomic mass is 32.1. The van der Waals surface area contributed by atoms with Gasteiger partial charge in [0.05, 0.1) is 10.9 Å². The Hall–Kier alpha value is -2.37. The van der Waals surface area contributed by atoms with Crippen LogP contribution in [0, 0.1) is 5.92 Å². The van der Waals surface area contributed by atoms with Gasteiger partial charge in [0, 0.05) is 0 Å². The van der Waals surface area contributed by atoms with Crippen LogP contribution in [0.1, 0.15) is 21.3 Å². The van der Waals surface area contributed by atoms with Crippen LogP contribution < -0.4 is 20.1 Å². The summed E-state index contributed by atoms with van der Waals surface area (Å²) in [6.45, 7) is -0.0130. The summed E-state index contributed by atoms with van der Waals surface area (Å²) in [6.07, 6.45) is -5.16. The Balaban J connectivity index is 1.84. The number of thiophene rings is 1. The molecule has 0 aliphatic carbocycles. The molecule has 3 atom stereocenters. The molecule has 3 heterocycles. The number of Topliss-reactive ketones (excluding diaryl/α,β-unsaturated/α-hetero) is 1. The fourth-order valence-electron chi connectivity index (χ4n) is 3.30. The standard InChI is InChI=1S/C17H13F3N2O4S2/c18-17(19,20)16(24)12(14(23)11-2-1-5-28-11)13(21-15(27)22-16)8-3-4-9-10(6-8)26-7-25-9/h1-6,12-13,24H,7H2,(H2,21,22,27)/t12-,13-,16+/m1/s1. The van der Waals surface area contributed by atoms with Gasteiger partial charge in [-0.1, -0.05) is 12.1 Å². The summed E-state index contributed by atoms with van der Waals surface area (Å²) in [6, 6.07) is 6.22. The van der Waals surface area contributed by atoms with E-state index in [1.54, 1.807) is 11.4 Å². The topological polar surface area (TPSA) is 79.8 Å². The Morgan fingerprint density at radius 2 is 2.04 bits per heavy atom. The zero-order valence-electron chi connectivity index (χ0n) is 13.9. The predicted molar refractivity (Wildman–Crippen MR) is 97.3 cm³/mol. The van der Waals surface area contributed by atoms with Gasteiger partial charge in [0.15, 0.2) is 22.4 Å². The molecule has 148 valence electrons. The van der Waals surface area contributed by atoms with Crippen molar-refractivity contribution >= 4 is 34.5 Å². The first-order chi connectivity index (χ1) is 13.2. The summed E-state index contributed by atoms with van der Waals surface area (Å²) in [4.78, 5) is 13.1. The molecule has 28 heavy (non-hydrogen) atoms. The van der Waals surface area contributed by atoms with Crippen molar-refractivity contribution < 1.29 is 32.5 Å². The molecule has 11 heteroatoms. The lowest BCUT2D eigenvalue weighted by Crippen LogP contribution is -2.72. The van der Waals surface area contributed by atoms with Crippen LogP contribution in [0.3, 0.4) is 0 Å². The maximum Gasteiger partial charge on any atom is 0.437 e. The third-order valence-electron chi connectivity index (χ3n) is 4.61. The number of benzene rings is 1. The van der Waals surface area contributed by atoms with Crippen LogP contribution in [0.15, 0.2) is 35.7 Å². The second-order valence-corrected chi connectivity index (χ2v) is 7.63. The molecule has 4 rings (SSSR count). The Morgan fingerprint density at radius 3 is 2.71 bits per heavy atom. The molecular weight excluding hydrogens is 417 g/mol. The van der Waals surface area contributed by atoms with Gasteiger partial charge in [-0.05, 0) is 41.4 Å². The highest BCUT2D eigenvalue weighted by molar-refractivity contribution is 7.80. The second kappa shape index (κ2) is 6.61. The number of alkyl halides is 3. The first kappa shape index (κ1) is 19.0. The molecule has 6 nitrogen and oxygen atoms in total. The minimum absolute atomic E-state index is 0.0130. The third kappa shape index (κ3) is 2.99. The summed E-state index contributed by atoms with van der Waals surface area (Å²) in [5, 5.41) is 16.3. The molecular formula is C17H13F3N2O4S2. The summed E-state index contributed by atoms with van der Waals surface area (Å²) < 4.78 is 52.1. The summed E-state index contributed by atoms with van der Waals surface area (Å²) in [5.41, 5.74) is -3.25. The van der Waals surface area contributed by atoms with E-state index in [1.807, 2.05) is 5.32 Å². The van der Waals surface area contributed by atoms with Gasteiger partial charge >= 0.3 is 6.18 Å². The number of fused-ring (bicyclic) bond motifs is 1. The van der Waals surface area contributed by atoms with E-state index in [0.29, 0.717) is 17.1 Å². The normalized spacial score (nSPS) is 26.5. The molecule has 1 saturated heterocycles. The zero-order valence-corrected chi connectivity index (χ0v) is 15.6. The highest BCUT2D eigenvalue weighted by Gasteiger charge is 2.65. The van der Waals surface area contributed by atoms with E-state index in [0.717, 1.165) is 11.3 Å². The van der Waals surface area contributed by atoms with Crippen molar-refractivity contribution in [2.45, 2.75) is 17.9 Å². The number of carbonyl (C=O) groups excluding carboxylic acids is 1. The number of thiocarbonyl (C=S) groups is 1. The van der Waals surface area contributed by atoms with Crippen molar-refractivity contribution in [3.05, 3.63) is 46.2 Å². The van der Waals surface area contributed by atoms with E-state index in [2.05, 4.69) is 5.32 Å². The molecule has 0 amide bonds. The van der Waals surface area contributed by atoms with E-state index in [9.17, 15) is 23.1 Å². The molecule has 0 bridgehead atoms. The lowest BCUT2D eigenvalue weighted by Gasteiger charge is -2.46. The van der Waals surface area contributed by atoms with Gasteiger partial charge in [0.25, 0.3) is 0 Å². The molecule has 0 spiro atoms. The number of hydrogen-bond donors (Lipinski definition) is 3. The van der Waals surface area contributed by atoms with Crippen LogP contribution in [0.2, 0.25) is 0 Å². The van der Waals surface area contributed by atoms with Crippen LogP contribution in [0.5, 0.6) is 11.5 Å². The number of halogens is 3. The van der Waals surface area contributed by atoms with Gasteiger partial charge < -0.3 is 25.2 Å². The molecule has 0 saturated carbocycles. The van der Waals surface area contributed by atoms with Gasteiger partial charge in [-0.25, -0.2) is 0 Å². The van der Waals surface area contributed by atoms with E-state index in [4.69, 9.17) is 21.7 Å². The summed E-state index contributed by atoms with van der Waals surface area (Å²) in [5.74, 6) is -2.02. The average molecular weight is 430 g/mol. The van der Waals surface area contributed by atoms with Crippen molar-refractivity contribution in [3.8, 4) is 11.5 Å². The summed E-state index contributed by atoms with van der Waals surface area (Å²) in [7, 11) is 0. The number of carbonyl (C=O) groups is 1. The smallest absolute Gasteiger partial charge is 0.437 e. The fraction of sp³-hybridized carbons (Fsp3) is 0.294. The Labute approximate surface area is 166 Å². The molecule has 1 aromatic carbocycles. The van der Waals surface area contributed by atoms with Gasteiger partial charge in [-0.3, -0.25) is 4.79 Å². The number of aliphatic hydroxyl groups is 1. The lowest BCUT2D eigenvalue weighted by molar-refractivity contribution is -0.285. The average Bonchev–Trinajstić information content (AvgIpc) is 3.30. The van der Waals surface area contributed by atoms with Crippen LogP contribution in [-0.4, -0.2) is 34.7 Å². The van der Waals surface area contributed by atoms with Crippen molar-refractivity contribution in [2.24, 2.45) is 5.92 Å². The second-order valence-electron chi connectivity index (χ2n) is 6.27. The first-order valence-corrected chi connectivity index (χ1v) is 9.34. The SMILES string of the molecule is O=C(c1cccs1)[C@H]1[C@@H](c2ccc3c(c2)OCO3)NC(=S)N[C@@]1(O)C(F)(F)F. The fourth-order valence-corrected chi connectivity index (χ4v) is 4.28. The molecule has 3 N–H and O–H groups in total. The quantitative estimate of drug-likeness (QED) is 0.511. The number of nitrogens with one attached hydrogen (secondary N) is 2. The van der Waals surface area contributed by atoms with Gasteiger partial charge in [0.2, 0.25) is 12.5 Å². The molecule has 2 aromatic rings. The predicted octanol–water partition coefficient (Wildman–Crippen LogP) is 2.75. The zero-order chi connectivity index (χ0) is 20.1. The van der Waals surface area contributed by atoms with E-state index >= 15 is 0 Å².